The standard InChI is InChI=1S/C9H6BrN5O3/c10-6-3-5(15(17)18)1-2-7(6)12-9(16)8-4-11-14-13-8/h1-4H,(H,12,16)(H,11,13,14). The first-order valence-electron chi connectivity index (χ1n) is 4.69. The van der Waals surface area contributed by atoms with Crippen molar-refractivity contribution in [3.05, 3.63) is 44.7 Å². The van der Waals surface area contributed by atoms with Crippen LogP contribution in [0.1, 0.15) is 10.5 Å². The van der Waals surface area contributed by atoms with E-state index in [0.717, 1.165) is 0 Å². The van der Waals surface area contributed by atoms with Crippen LogP contribution in [0.15, 0.2) is 28.9 Å². The minimum atomic E-state index is -0.520. The number of aromatic nitrogens is 3. The van der Waals surface area contributed by atoms with Gasteiger partial charge in [-0.15, -0.1) is 0 Å². The highest BCUT2D eigenvalue weighted by molar-refractivity contribution is 9.10. The summed E-state index contributed by atoms with van der Waals surface area (Å²) in [6.07, 6.45) is 1.27. The van der Waals surface area contributed by atoms with Crippen LogP contribution in [0.5, 0.6) is 0 Å². The second kappa shape index (κ2) is 4.92. The van der Waals surface area contributed by atoms with E-state index < -0.39 is 10.8 Å². The third kappa shape index (κ3) is 2.51. The van der Waals surface area contributed by atoms with Crippen LogP contribution < -0.4 is 5.32 Å². The molecule has 0 unspecified atom stereocenters. The van der Waals surface area contributed by atoms with E-state index in [1.54, 1.807) is 0 Å². The van der Waals surface area contributed by atoms with E-state index in [-0.39, 0.29) is 11.4 Å². The van der Waals surface area contributed by atoms with Crippen molar-refractivity contribution >= 4 is 33.2 Å². The highest BCUT2D eigenvalue weighted by Gasteiger charge is 2.13. The van der Waals surface area contributed by atoms with Crippen LogP contribution in [0.4, 0.5) is 11.4 Å². The van der Waals surface area contributed by atoms with E-state index in [1.165, 1.54) is 24.4 Å². The molecule has 0 aliphatic carbocycles. The molecule has 0 fully saturated rings. The molecule has 1 amide bonds. The van der Waals surface area contributed by atoms with Gasteiger partial charge in [-0.05, 0) is 22.0 Å². The molecule has 0 aliphatic rings. The number of nitro benzene ring substituents is 1. The maximum absolute atomic E-state index is 11.7. The molecule has 0 atom stereocenters. The van der Waals surface area contributed by atoms with Crippen LogP contribution in [0.25, 0.3) is 0 Å². The number of hydrogen-bond acceptors (Lipinski definition) is 5. The summed E-state index contributed by atoms with van der Waals surface area (Å²) in [5.74, 6) is -0.460. The van der Waals surface area contributed by atoms with Gasteiger partial charge in [0.05, 0.1) is 16.8 Å². The Hall–Kier alpha value is -2.29. The number of nitrogens with zero attached hydrogens (tertiary/aromatic N) is 3. The molecular formula is C9H6BrN5O3. The summed E-state index contributed by atoms with van der Waals surface area (Å²) >= 11 is 3.14. The van der Waals surface area contributed by atoms with Crippen molar-refractivity contribution in [2.75, 3.05) is 5.32 Å². The molecule has 0 aliphatic heterocycles. The number of carbonyl (C=O) groups excluding carboxylic acids is 1. The topological polar surface area (TPSA) is 114 Å². The van der Waals surface area contributed by atoms with E-state index in [0.29, 0.717) is 10.2 Å². The van der Waals surface area contributed by atoms with Gasteiger partial charge in [-0.2, -0.15) is 15.4 Å². The highest BCUT2D eigenvalue weighted by Crippen LogP contribution is 2.27. The number of amides is 1. The number of carbonyl (C=O) groups is 1. The molecule has 2 rings (SSSR count). The third-order valence-electron chi connectivity index (χ3n) is 2.06. The van der Waals surface area contributed by atoms with Gasteiger partial charge >= 0.3 is 0 Å². The molecular weight excluding hydrogens is 306 g/mol. The number of non-ortho nitro benzene ring substituents is 1. The van der Waals surface area contributed by atoms with Gasteiger partial charge in [0.2, 0.25) is 0 Å². The number of anilines is 1. The number of nitro groups is 1. The van der Waals surface area contributed by atoms with Gasteiger partial charge < -0.3 is 5.32 Å². The number of hydrogen-bond donors (Lipinski definition) is 2. The molecule has 8 nitrogen and oxygen atoms in total. The molecule has 0 spiro atoms. The molecule has 1 aromatic heterocycles. The van der Waals surface area contributed by atoms with E-state index in [9.17, 15) is 14.9 Å². The zero-order valence-electron chi connectivity index (χ0n) is 8.75. The molecule has 2 N–H and O–H groups in total. The first-order chi connectivity index (χ1) is 8.58. The zero-order valence-corrected chi connectivity index (χ0v) is 10.3. The van der Waals surface area contributed by atoms with Gasteiger partial charge in [0.15, 0.2) is 5.69 Å². The zero-order chi connectivity index (χ0) is 13.1. The van der Waals surface area contributed by atoms with E-state index in [1.807, 2.05) is 0 Å². The Kier molecular flexibility index (Phi) is 3.33. The summed E-state index contributed by atoms with van der Waals surface area (Å²) in [6, 6.07) is 4.03. The number of nitrogens with one attached hydrogen (secondary N) is 2. The summed E-state index contributed by atoms with van der Waals surface area (Å²) in [6.45, 7) is 0. The van der Waals surface area contributed by atoms with Crippen molar-refractivity contribution in [1.29, 1.82) is 0 Å². The van der Waals surface area contributed by atoms with Crippen molar-refractivity contribution in [2.45, 2.75) is 0 Å². The third-order valence-corrected chi connectivity index (χ3v) is 2.72. The van der Waals surface area contributed by atoms with Gasteiger partial charge in [0.1, 0.15) is 0 Å². The van der Waals surface area contributed by atoms with Crippen LogP contribution in [0.2, 0.25) is 0 Å². The fourth-order valence-corrected chi connectivity index (χ4v) is 1.68. The Morgan fingerprint density at radius 1 is 1.50 bits per heavy atom. The Balaban J connectivity index is 2.20. The van der Waals surface area contributed by atoms with Gasteiger partial charge in [-0.1, -0.05) is 0 Å². The smallest absolute Gasteiger partial charge is 0.277 e. The fourth-order valence-electron chi connectivity index (χ4n) is 1.22. The predicted octanol–water partition coefficient (Wildman–Crippen LogP) is 1.73. The average molecular weight is 312 g/mol. The molecule has 2 aromatic rings. The molecule has 0 saturated carbocycles. The Bertz CT molecular complexity index is 598. The molecule has 92 valence electrons. The monoisotopic (exact) mass is 311 g/mol. The molecule has 0 radical (unpaired) electrons. The minimum absolute atomic E-state index is 0.0682. The van der Waals surface area contributed by atoms with Gasteiger partial charge in [0.25, 0.3) is 11.6 Å². The lowest BCUT2D eigenvalue weighted by Crippen LogP contribution is -2.12. The van der Waals surface area contributed by atoms with Crippen molar-refractivity contribution in [3.63, 3.8) is 0 Å². The molecule has 1 aromatic carbocycles. The quantitative estimate of drug-likeness (QED) is 0.661. The van der Waals surface area contributed by atoms with Crippen molar-refractivity contribution < 1.29 is 9.72 Å². The molecule has 1 heterocycles. The number of benzene rings is 1. The van der Waals surface area contributed by atoms with Crippen LogP contribution in [0, 0.1) is 10.1 Å². The number of H-pyrrole nitrogens is 1. The summed E-state index contributed by atoms with van der Waals surface area (Å²) in [7, 11) is 0. The SMILES string of the molecule is O=C(Nc1ccc([N+](=O)[O-])cc1Br)c1cn[nH]n1. The lowest BCUT2D eigenvalue weighted by Gasteiger charge is -2.05. The number of rotatable bonds is 3. The average Bonchev–Trinajstić information content (AvgIpc) is 2.85. The van der Waals surface area contributed by atoms with E-state index in [4.69, 9.17) is 0 Å². The predicted molar refractivity (Wildman–Crippen MR) is 65.1 cm³/mol. The lowest BCUT2D eigenvalue weighted by atomic mass is 10.3. The van der Waals surface area contributed by atoms with Gasteiger partial charge in [-0.3, -0.25) is 14.9 Å². The van der Waals surface area contributed by atoms with Crippen molar-refractivity contribution in [2.24, 2.45) is 0 Å². The van der Waals surface area contributed by atoms with Gasteiger partial charge in [0, 0.05) is 16.6 Å². The molecule has 0 bridgehead atoms. The Labute approximate surface area is 109 Å². The van der Waals surface area contributed by atoms with Crippen molar-refractivity contribution in [3.8, 4) is 0 Å². The maximum Gasteiger partial charge on any atom is 0.277 e. The fraction of sp³-hybridized carbons (Fsp3) is 0. The summed E-state index contributed by atoms with van der Waals surface area (Å²) in [4.78, 5) is 21.7. The summed E-state index contributed by atoms with van der Waals surface area (Å²) in [5, 5.41) is 22.5. The first-order valence-corrected chi connectivity index (χ1v) is 5.48. The molecule has 9 heteroatoms. The highest BCUT2D eigenvalue weighted by atomic mass is 79.9. The first kappa shape index (κ1) is 12.2. The van der Waals surface area contributed by atoms with E-state index in [2.05, 4.69) is 36.7 Å². The Morgan fingerprint density at radius 3 is 2.83 bits per heavy atom. The second-order valence-corrected chi connectivity index (χ2v) is 4.08. The number of halogens is 1. The normalized spacial score (nSPS) is 10.1. The number of aromatic amines is 1. The molecule has 18 heavy (non-hydrogen) atoms. The molecule has 0 saturated heterocycles. The van der Waals surface area contributed by atoms with Crippen molar-refractivity contribution in [1.82, 2.24) is 15.4 Å². The second-order valence-electron chi connectivity index (χ2n) is 3.23. The van der Waals surface area contributed by atoms with Gasteiger partial charge in [-0.25, -0.2) is 0 Å². The lowest BCUT2D eigenvalue weighted by molar-refractivity contribution is -0.384. The summed E-state index contributed by atoms with van der Waals surface area (Å²) < 4.78 is 0.411. The minimum Gasteiger partial charge on any atom is -0.319 e. The maximum atomic E-state index is 11.7. The summed E-state index contributed by atoms with van der Waals surface area (Å²) in [5.41, 5.74) is 0.468. The van der Waals surface area contributed by atoms with Crippen LogP contribution in [-0.4, -0.2) is 26.2 Å². The van der Waals surface area contributed by atoms with Crippen LogP contribution in [0.3, 0.4) is 0 Å². The Morgan fingerprint density at radius 2 is 2.28 bits per heavy atom. The van der Waals surface area contributed by atoms with Crippen LogP contribution in [-0.2, 0) is 0 Å². The van der Waals surface area contributed by atoms with Crippen LogP contribution >= 0.6 is 15.9 Å². The largest absolute Gasteiger partial charge is 0.319 e. The van der Waals surface area contributed by atoms with E-state index >= 15 is 0 Å².